The monoisotopic (exact) mass is 345 g/mol. The van der Waals surface area contributed by atoms with E-state index in [0.29, 0.717) is 18.9 Å². The standard InChI is InChI=1S/C16H23N3O.2ClH/c1-12(2)11-19-9-7-13-10-14(5-6-15(13)19)18-16(20)4-3-8-17;;/h5-7,9-10,12H,3-4,8,11,17H2,1-2H3,(H,18,20);2*1H. The van der Waals surface area contributed by atoms with Gasteiger partial charge in [0.15, 0.2) is 0 Å². The third-order valence-electron chi connectivity index (χ3n) is 3.22. The summed E-state index contributed by atoms with van der Waals surface area (Å²) in [6.07, 6.45) is 3.30. The molecule has 124 valence electrons. The normalized spacial score (nSPS) is 10.2. The molecule has 4 nitrogen and oxygen atoms in total. The number of halogens is 2. The quantitative estimate of drug-likeness (QED) is 0.835. The zero-order valence-corrected chi connectivity index (χ0v) is 14.7. The molecule has 2 rings (SSSR count). The van der Waals surface area contributed by atoms with Crippen LogP contribution in [0.1, 0.15) is 26.7 Å². The minimum absolute atomic E-state index is 0. The summed E-state index contributed by atoms with van der Waals surface area (Å²) in [5.74, 6) is 0.637. The van der Waals surface area contributed by atoms with Crippen molar-refractivity contribution in [2.45, 2.75) is 33.2 Å². The van der Waals surface area contributed by atoms with Crippen LogP contribution in [0.5, 0.6) is 0 Å². The van der Waals surface area contributed by atoms with Gasteiger partial charge in [0.1, 0.15) is 0 Å². The van der Waals surface area contributed by atoms with Crippen LogP contribution >= 0.6 is 24.8 Å². The Hall–Kier alpha value is -1.23. The molecule has 0 aliphatic carbocycles. The molecule has 0 radical (unpaired) electrons. The Morgan fingerprint density at radius 3 is 2.64 bits per heavy atom. The lowest BCUT2D eigenvalue weighted by molar-refractivity contribution is -0.116. The van der Waals surface area contributed by atoms with Crippen molar-refractivity contribution in [3.8, 4) is 0 Å². The van der Waals surface area contributed by atoms with E-state index < -0.39 is 0 Å². The Morgan fingerprint density at radius 2 is 2.00 bits per heavy atom. The van der Waals surface area contributed by atoms with Crippen molar-refractivity contribution in [3.63, 3.8) is 0 Å². The minimum atomic E-state index is 0. The third kappa shape index (κ3) is 5.52. The van der Waals surface area contributed by atoms with Crippen LogP contribution in [0.2, 0.25) is 0 Å². The molecule has 0 fully saturated rings. The number of hydrogen-bond acceptors (Lipinski definition) is 2. The maximum absolute atomic E-state index is 11.7. The number of nitrogens with zero attached hydrogens (tertiary/aromatic N) is 1. The van der Waals surface area contributed by atoms with E-state index in [2.05, 4.69) is 42.1 Å². The lowest BCUT2D eigenvalue weighted by Crippen LogP contribution is -2.13. The topological polar surface area (TPSA) is 60.0 Å². The highest BCUT2D eigenvalue weighted by Gasteiger charge is 2.06. The van der Waals surface area contributed by atoms with Crippen molar-refractivity contribution >= 4 is 47.3 Å². The number of nitrogens with two attached hydrogens (primary N) is 1. The van der Waals surface area contributed by atoms with Crippen LogP contribution in [-0.4, -0.2) is 17.0 Å². The maximum atomic E-state index is 11.7. The van der Waals surface area contributed by atoms with Gasteiger partial charge in [-0.25, -0.2) is 0 Å². The Labute approximate surface area is 144 Å². The summed E-state index contributed by atoms with van der Waals surface area (Å²) >= 11 is 0. The highest BCUT2D eigenvalue weighted by Crippen LogP contribution is 2.21. The molecule has 1 aromatic carbocycles. The first kappa shape index (κ1) is 20.8. The van der Waals surface area contributed by atoms with Gasteiger partial charge in [-0.1, -0.05) is 13.8 Å². The summed E-state index contributed by atoms with van der Waals surface area (Å²) in [7, 11) is 0. The molecule has 0 spiro atoms. The number of benzene rings is 1. The predicted octanol–water partition coefficient (Wildman–Crippen LogP) is 3.82. The molecule has 2 aromatic rings. The molecule has 1 aromatic heterocycles. The Bertz CT molecular complexity index is 596. The molecule has 0 saturated heterocycles. The molecule has 0 aliphatic heterocycles. The fraction of sp³-hybridized carbons (Fsp3) is 0.438. The fourth-order valence-corrected chi connectivity index (χ4v) is 2.32. The minimum Gasteiger partial charge on any atom is -0.347 e. The summed E-state index contributed by atoms with van der Waals surface area (Å²) in [5.41, 5.74) is 7.46. The van der Waals surface area contributed by atoms with Crippen LogP contribution in [0, 0.1) is 5.92 Å². The number of nitrogens with one attached hydrogen (secondary N) is 1. The number of rotatable bonds is 6. The molecule has 3 N–H and O–H groups in total. The second-order valence-corrected chi connectivity index (χ2v) is 5.58. The summed E-state index contributed by atoms with van der Waals surface area (Å²) in [6, 6.07) is 8.13. The summed E-state index contributed by atoms with van der Waals surface area (Å²) in [4.78, 5) is 11.7. The van der Waals surface area contributed by atoms with Crippen LogP contribution in [0.4, 0.5) is 5.69 Å². The van der Waals surface area contributed by atoms with Gasteiger partial charge in [-0.15, -0.1) is 24.8 Å². The van der Waals surface area contributed by atoms with Crippen molar-refractivity contribution in [1.82, 2.24) is 4.57 Å². The van der Waals surface area contributed by atoms with Crippen molar-refractivity contribution < 1.29 is 4.79 Å². The lowest BCUT2D eigenvalue weighted by Gasteiger charge is -2.09. The van der Waals surface area contributed by atoms with Gasteiger partial charge < -0.3 is 15.6 Å². The molecule has 0 bridgehead atoms. The van der Waals surface area contributed by atoms with E-state index in [4.69, 9.17) is 5.73 Å². The highest BCUT2D eigenvalue weighted by atomic mass is 35.5. The van der Waals surface area contributed by atoms with Crippen molar-refractivity contribution in [1.29, 1.82) is 0 Å². The maximum Gasteiger partial charge on any atom is 0.224 e. The second-order valence-electron chi connectivity index (χ2n) is 5.58. The van der Waals surface area contributed by atoms with Gasteiger partial charge in [-0.3, -0.25) is 4.79 Å². The summed E-state index contributed by atoms with van der Waals surface area (Å²) < 4.78 is 2.25. The summed E-state index contributed by atoms with van der Waals surface area (Å²) in [6.45, 7) is 5.96. The molecular weight excluding hydrogens is 321 g/mol. The van der Waals surface area contributed by atoms with Gasteiger partial charge in [0.2, 0.25) is 5.91 Å². The number of hydrogen-bond donors (Lipinski definition) is 2. The largest absolute Gasteiger partial charge is 0.347 e. The van der Waals surface area contributed by atoms with E-state index >= 15 is 0 Å². The average molecular weight is 346 g/mol. The lowest BCUT2D eigenvalue weighted by atomic mass is 10.2. The molecule has 22 heavy (non-hydrogen) atoms. The molecule has 0 atom stereocenters. The van der Waals surface area contributed by atoms with Gasteiger partial charge in [0.05, 0.1) is 0 Å². The van der Waals surface area contributed by atoms with Crippen LogP contribution in [0.25, 0.3) is 10.9 Å². The van der Waals surface area contributed by atoms with Crippen LogP contribution in [-0.2, 0) is 11.3 Å². The first-order valence-corrected chi connectivity index (χ1v) is 7.19. The molecular formula is C16H25Cl2N3O. The van der Waals surface area contributed by atoms with Crippen molar-refractivity contribution in [2.75, 3.05) is 11.9 Å². The molecule has 0 aliphatic rings. The van der Waals surface area contributed by atoms with Gasteiger partial charge in [-0.05, 0) is 43.1 Å². The van der Waals surface area contributed by atoms with Crippen molar-refractivity contribution in [2.24, 2.45) is 11.7 Å². The molecule has 1 amide bonds. The Kier molecular flexibility index (Phi) is 9.18. The number of carbonyl (C=O) groups is 1. The number of anilines is 1. The zero-order chi connectivity index (χ0) is 14.5. The van der Waals surface area contributed by atoms with E-state index in [1.54, 1.807) is 0 Å². The van der Waals surface area contributed by atoms with E-state index in [-0.39, 0.29) is 30.7 Å². The first-order valence-electron chi connectivity index (χ1n) is 7.19. The predicted molar refractivity (Wildman–Crippen MR) is 98.2 cm³/mol. The van der Waals surface area contributed by atoms with Crippen LogP contribution in [0.3, 0.4) is 0 Å². The van der Waals surface area contributed by atoms with Crippen LogP contribution < -0.4 is 11.1 Å². The number of amides is 1. The smallest absolute Gasteiger partial charge is 0.224 e. The van der Waals surface area contributed by atoms with Gasteiger partial charge >= 0.3 is 0 Å². The highest BCUT2D eigenvalue weighted by molar-refractivity contribution is 5.93. The third-order valence-corrected chi connectivity index (χ3v) is 3.22. The van der Waals surface area contributed by atoms with Crippen molar-refractivity contribution in [3.05, 3.63) is 30.5 Å². The van der Waals surface area contributed by atoms with E-state index in [1.165, 1.54) is 5.52 Å². The average Bonchev–Trinajstić information content (AvgIpc) is 2.78. The van der Waals surface area contributed by atoms with Gasteiger partial charge in [0, 0.05) is 35.8 Å². The Balaban J connectivity index is 0.00000220. The Morgan fingerprint density at radius 1 is 1.27 bits per heavy atom. The molecule has 0 saturated carbocycles. The summed E-state index contributed by atoms with van der Waals surface area (Å²) in [5, 5.41) is 4.07. The van der Waals surface area contributed by atoms with E-state index in [0.717, 1.165) is 24.0 Å². The molecule has 1 heterocycles. The first-order chi connectivity index (χ1) is 9.60. The molecule has 0 unspecified atom stereocenters. The van der Waals surface area contributed by atoms with Gasteiger partial charge in [0.25, 0.3) is 0 Å². The number of aromatic nitrogens is 1. The van der Waals surface area contributed by atoms with E-state index in [9.17, 15) is 4.79 Å². The number of fused-ring (bicyclic) bond motifs is 1. The second kappa shape index (κ2) is 9.72. The number of carbonyl (C=O) groups excluding carboxylic acids is 1. The fourth-order valence-electron chi connectivity index (χ4n) is 2.32. The van der Waals surface area contributed by atoms with E-state index in [1.807, 2.05) is 12.1 Å². The molecule has 6 heteroatoms. The van der Waals surface area contributed by atoms with Gasteiger partial charge in [-0.2, -0.15) is 0 Å². The van der Waals surface area contributed by atoms with Crippen LogP contribution in [0.15, 0.2) is 30.5 Å². The zero-order valence-electron chi connectivity index (χ0n) is 13.0. The SMILES string of the molecule is CC(C)Cn1ccc2cc(NC(=O)CCCN)ccc21.Cl.Cl.